The van der Waals surface area contributed by atoms with E-state index in [4.69, 9.17) is 17.3 Å². The summed E-state index contributed by atoms with van der Waals surface area (Å²) in [6.07, 6.45) is -4.54. The van der Waals surface area contributed by atoms with Gasteiger partial charge in [-0.1, -0.05) is 11.6 Å². The Morgan fingerprint density at radius 3 is 2.43 bits per heavy atom. The summed E-state index contributed by atoms with van der Waals surface area (Å²) in [6.45, 7) is 0. The van der Waals surface area contributed by atoms with E-state index in [1.807, 2.05) is 0 Å². The van der Waals surface area contributed by atoms with Gasteiger partial charge < -0.3 is 16.4 Å². The van der Waals surface area contributed by atoms with Gasteiger partial charge >= 0.3 is 6.18 Å². The quantitative estimate of drug-likeness (QED) is 0.807. The zero-order valence-corrected chi connectivity index (χ0v) is 11.5. The molecule has 0 bridgehead atoms. The third-order valence-corrected chi connectivity index (χ3v) is 2.78. The molecular formula is C12H11ClF3N5. The zero-order chi connectivity index (χ0) is 15.6. The molecule has 21 heavy (non-hydrogen) atoms. The van der Waals surface area contributed by atoms with Gasteiger partial charge in [0.1, 0.15) is 11.6 Å². The third kappa shape index (κ3) is 3.66. The van der Waals surface area contributed by atoms with Gasteiger partial charge in [0.05, 0.1) is 11.3 Å². The summed E-state index contributed by atoms with van der Waals surface area (Å²) in [5, 5.41) is 5.30. The maximum atomic E-state index is 13.0. The minimum Gasteiger partial charge on any atom is -0.373 e. The van der Waals surface area contributed by atoms with Crippen molar-refractivity contribution >= 4 is 34.9 Å². The molecule has 5 nitrogen and oxygen atoms in total. The van der Waals surface area contributed by atoms with Crippen LogP contribution < -0.4 is 16.4 Å². The third-order valence-electron chi connectivity index (χ3n) is 2.55. The van der Waals surface area contributed by atoms with E-state index in [0.717, 1.165) is 6.07 Å². The Kier molecular flexibility index (Phi) is 4.08. The number of rotatable bonds is 3. The molecule has 1 aromatic carbocycles. The Morgan fingerprint density at radius 1 is 1.14 bits per heavy atom. The molecule has 1 aromatic heterocycles. The SMILES string of the molecule is CNc1cc(Nc2ccc(Cl)cc2C(F)(F)F)nc(N)n1. The second-order valence-electron chi connectivity index (χ2n) is 4.06. The minimum atomic E-state index is -4.54. The van der Waals surface area contributed by atoms with Crippen molar-refractivity contribution in [1.82, 2.24) is 9.97 Å². The highest BCUT2D eigenvalue weighted by atomic mass is 35.5. The van der Waals surface area contributed by atoms with Crippen LogP contribution in [0.25, 0.3) is 0 Å². The van der Waals surface area contributed by atoms with Crippen LogP contribution in [0.4, 0.5) is 36.4 Å². The first-order valence-corrected chi connectivity index (χ1v) is 6.13. The lowest BCUT2D eigenvalue weighted by Gasteiger charge is -2.15. The zero-order valence-electron chi connectivity index (χ0n) is 10.8. The average molecular weight is 318 g/mol. The van der Waals surface area contributed by atoms with Crippen LogP contribution in [0, 0.1) is 0 Å². The summed E-state index contributed by atoms with van der Waals surface area (Å²) >= 11 is 5.62. The number of aromatic nitrogens is 2. The van der Waals surface area contributed by atoms with Crippen molar-refractivity contribution < 1.29 is 13.2 Å². The largest absolute Gasteiger partial charge is 0.418 e. The van der Waals surface area contributed by atoms with E-state index < -0.39 is 11.7 Å². The summed E-state index contributed by atoms with van der Waals surface area (Å²) in [7, 11) is 1.61. The molecule has 9 heteroatoms. The molecule has 1 heterocycles. The molecule has 2 rings (SSSR count). The number of alkyl halides is 3. The van der Waals surface area contributed by atoms with Gasteiger partial charge in [-0.25, -0.2) is 0 Å². The van der Waals surface area contributed by atoms with Crippen LogP contribution in [0.15, 0.2) is 24.3 Å². The molecule has 0 aliphatic carbocycles. The number of nitrogens with zero attached hydrogens (tertiary/aromatic N) is 2. The first-order chi connectivity index (χ1) is 9.79. The fraction of sp³-hybridized carbons (Fsp3) is 0.167. The maximum Gasteiger partial charge on any atom is 0.418 e. The van der Waals surface area contributed by atoms with Crippen LogP contribution in [0.3, 0.4) is 0 Å². The molecule has 0 saturated carbocycles. The lowest BCUT2D eigenvalue weighted by atomic mass is 10.1. The van der Waals surface area contributed by atoms with Crippen molar-refractivity contribution in [3.05, 3.63) is 34.9 Å². The van der Waals surface area contributed by atoms with Crippen molar-refractivity contribution in [1.29, 1.82) is 0 Å². The summed E-state index contributed by atoms with van der Waals surface area (Å²) in [4.78, 5) is 7.69. The van der Waals surface area contributed by atoms with Gasteiger partial charge in [0.15, 0.2) is 0 Å². The number of hydrogen-bond donors (Lipinski definition) is 3. The molecule has 112 valence electrons. The molecule has 0 saturated heterocycles. The van der Waals surface area contributed by atoms with Gasteiger partial charge in [0.2, 0.25) is 5.95 Å². The Hall–Kier alpha value is -2.22. The van der Waals surface area contributed by atoms with Gasteiger partial charge in [-0.3, -0.25) is 0 Å². The molecular weight excluding hydrogens is 307 g/mol. The van der Waals surface area contributed by atoms with Crippen molar-refractivity contribution in [3.63, 3.8) is 0 Å². The fourth-order valence-electron chi connectivity index (χ4n) is 1.66. The highest BCUT2D eigenvalue weighted by Crippen LogP contribution is 2.37. The smallest absolute Gasteiger partial charge is 0.373 e. The van der Waals surface area contributed by atoms with E-state index in [1.165, 1.54) is 18.2 Å². The van der Waals surface area contributed by atoms with Crippen LogP contribution in [0.5, 0.6) is 0 Å². The van der Waals surface area contributed by atoms with Crippen LogP contribution >= 0.6 is 11.6 Å². The van der Waals surface area contributed by atoms with Gasteiger partial charge in [-0.05, 0) is 18.2 Å². The Bertz CT molecular complexity index is 660. The van der Waals surface area contributed by atoms with Gasteiger partial charge in [0, 0.05) is 18.1 Å². The molecule has 0 aliphatic heterocycles. The lowest BCUT2D eigenvalue weighted by Crippen LogP contribution is -2.10. The van der Waals surface area contributed by atoms with Gasteiger partial charge in [0.25, 0.3) is 0 Å². The summed E-state index contributed by atoms with van der Waals surface area (Å²) in [5.41, 5.74) is 4.43. The Morgan fingerprint density at radius 2 is 1.81 bits per heavy atom. The van der Waals surface area contributed by atoms with Crippen molar-refractivity contribution in [2.75, 3.05) is 23.4 Å². The van der Waals surface area contributed by atoms with E-state index in [2.05, 4.69) is 20.6 Å². The highest BCUT2D eigenvalue weighted by Gasteiger charge is 2.34. The number of anilines is 4. The minimum absolute atomic E-state index is 0.00834. The molecule has 0 unspecified atom stereocenters. The topological polar surface area (TPSA) is 75.9 Å². The second kappa shape index (κ2) is 5.65. The molecule has 2 aromatic rings. The van der Waals surface area contributed by atoms with Crippen LogP contribution in [0.2, 0.25) is 5.02 Å². The van der Waals surface area contributed by atoms with E-state index >= 15 is 0 Å². The summed E-state index contributed by atoms with van der Waals surface area (Å²) in [5.74, 6) is 0.457. The number of nitrogens with two attached hydrogens (primary N) is 1. The van der Waals surface area contributed by atoms with Crippen molar-refractivity contribution in [3.8, 4) is 0 Å². The monoisotopic (exact) mass is 317 g/mol. The number of nitrogen functional groups attached to an aromatic ring is 1. The number of hydrogen-bond acceptors (Lipinski definition) is 5. The number of nitrogens with one attached hydrogen (secondary N) is 2. The first-order valence-electron chi connectivity index (χ1n) is 5.75. The predicted molar refractivity (Wildman–Crippen MR) is 75.7 cm³/mol. The predicted octanol–water partition coefficient (Wildman–Crippen LogP) is 3.52. The standard InChI is InChI=1S/C12H11ClF3N5/c1-18-9-5-10(21-11(17)20-9)19-8-3-2-6(13)4-7(8)12(14,15)16/h2-5H,1H3,(H4,17,18,19,20,21). The van der Waals surface area contributed by atoms with Crippen LogP contribution in [-0.4, -0.2) is 17.0 Å². The molecule has 0 aliphatic rings. The van der Waals surface area contributed by atoms with Gasteiger partial charge in [-0.2, -0.15) is 23.1 Å². The van der Waals surface area contributed by atoms with E-state index in [9.17, 15) is 13.2 Å². The Labute approximate surface area is 123 Å². The van der Waals surface area contributed by atoms with Crippen molar-refractivity contribution in [2.24, 2.45) is 0 Å². The fourth-order valence-corrected chi connectivity index (χ4v) is 1.83. The summed E-state index contributed by atoms with van der Waals surface area (Å²) < 4.78 is 39.0. The van der Waals surface area contributed by atoms with E-state index in [1.54, 1.807) is 7.05 Å². The molecule has 0 atom stereocenters. The summed E-state index contributed by atoms with van der Waals surface area (Å²) in [6, 6.07) is 4.85. The van der Waals surface area contributed by atoms with Crippen molar-refractivity contribution in [2.45, 2.75) is 6.18 Å². The van der Waals surface area contributed by atoms with Gasteiger partial charge in [-0.15, -0.1) is 0 Å². The number of benzene rings is 1. The number of halogens is 4. The first kappa shape index (κ1) is 15.2. The van der Waals surface area contributed by atoms with E-state index in [-0.39, 0.29) is 22.5 Å². The maximum absolute atomic E-state index is 13.0. The molecule has 0 radical (unpaired) electrons. The van der Waals surface area contributed by atoms with Crippen LogP contribution in [0.1, 0.15) is 5.56 Å². The second-order valence-corrected chi connectivity index (χ2v) is 4.50. The van der Waals surface area contributed by atoms with E-state index in [0.29, 0.717) is 5.82 Å². The lowest BCUT2D eigenvalue weighted by molar-refractivity contribution is -0.136. The molecule has 0 amide bonds. The highest BCUT2D eigenvalue weighted by molar-refractivity contribution is 6.30. The molecule has 0 spiro atoms. The Balaban J connectivity index is 2.42. The average Bonchev–Trinajstić information content (AvgIpc) is 2.39. The molecule has 4 N–H and O–H groups in total. The van der Waals surface area contributed by atoms with Crippen LogP contribution in [-0.2, 0) is 6.18 Å². The normalized spacial score (nSPS) is 11.3. The molecule has 0 fully saturated rings.